The van der Waals surface area contributed by atoms with Crippen LogP contribution in [0.25, 0.3) is 0 Å². The molecule has 0 saturated carbocycles. The fraction of sp³-hybridized carbons (Fsp3) is 0.800. The third kappa shape index (κ3) is 2.25. The van der Waals surface area contributed by atoms with Gasteiger partial charge in [0, 0.05) is 50.9 Å². The second-order valence-electron chi connectivity index (χ2n) is 3.93. The first-order valence-electron chi connectivity index (χ1n) is 5.43. The molecular formula is C10H18N4. The topological polar surface area (TPSA) is 31.2 Å². The van der Waals surface area contributed by atoms with Gasteiger partial charge in [0.1, 0.15) is 0 Å². The predicted molar refractivity (Wildman–Crippen MR) is 58.6 cm³/mol. The van der Waals surface area contributed by atoms with E-state index in [1.54, 1.807) is 0 Å². The van der Waals surface area contributed by atoms with Gasteiger partial charge in [-0.15, -0.1) is 0 Å². The molecule has 2 aliphatic rings. The molecule has 0 aromatic heterocycles. The SMILES string of the molecule is CC(CCN1CCC=N1)N1CCC=N1. The van der Waals surface area contributed by atoms with Crippen LogP contribution in [-0.4, -0.2) is 48.1 Å². The van der Waals surface area contributed by atoms with E-state index in [2.05, 4.69) is 27.1 Å². The van der Waals surface area contributed by atoms with Gasteiger partial charge in [0.05, 0.1) is 0 Å². The Balaban J connectivity index is 1.69. The molecular weight excluding hydrogens is 176 g/mol. The van der Waals surface area contributed by atoms with E-state index < -0.39 is 0 Å². The molecule has 0 fully saturated rings. The summed E-state index contributed by atoms with van der Waals surface area (Å²) in [5.41, 5.74) is 0. The molecule has 0 aromatic carbocycles. The molecule has 2 rings (SSSR count). The fourth-order valence-electron chi connectivity index (χ4n) is 1.84. The fourth-order valence-corrected chi connectivity index (χ4v) is 1.84. The smallest absolute Gasteiger partial charge is 0.0460 e. The number of hydrogen-bond donors (Lipinski definition) is 0. The van der Waals surface area contributed by atoms with Crippen LogP contribution in [0.3, 0.4) is 0 Å². The predicted octanol–water partition coefficient (Wildman–Crippen LogP) is 1.15. The molecule has 0 radical (unpaired) electrons. The Kier molecular flexibility index (Phi) is 3.01. The highest BCUT2D eigenvalue weighted by Gasteiger charge is 2.15. The lowest BCUT2D eigenvalue weighted by Gasteiger charge is -2.24. The minimum atomic E-state index is 0.546. The van der Waals surface area contributed by atoms with Crippen molar-refractivity contribution in [1.29, 1.82) is 0 Å². The second kappa shape index (κ2) is 4.44. The van der Waals surface area contributed by atoms with E-state index in [4.69, 9.17) is 0 Å². The lowest BCUT2D eigenvalue weighted by Crippen LogP contribution is -2.30. The molecule has 4 heteroatoms. The zero-order chi connectivity index (χ0) is 9.80. The standard InChI is InChI=1S/C10H18N4/c1-10(14-8-3-6-12-14)4-9-13-7-2-5-11-13/h5-6,10H,2-4,7-9H2,1H3. The van der Waals surface area contributed by atoms with E-state index in [0.717, 1.165) is 38.9 Å². The first kappa shape index (κ1) is 9.49. The van der Waals surface area contributed by atoms with Crippen LogP contribution in [0.4, 0.5) is 0 Å². The molecule has 0 aliphatic carbocycles. The summed E-state index contributed by atoms with van der Waals surface area (Å²) in [5, 5.41) is 12.9. The third-order valence-electron chi connectivity index (χ3n) is 2.79. The van der Waals surface area contributed by atoms with Crippen LogP contribution in [-0.2, 0) is 0 Å². The van der Waals surface area contributed by atoms with Crippen molar-refractivity contribution >= 4 is 12.4 Å². The van der Waals surface area contributed by atoms with Crippen LogP contribution >= 0.6 is 0 Å². The van der Waals surface area contributed by atoms with Crippen LogP contribution < -0.4 is 0 Å². The number of hydrazone groups is 2. The number of rotatable bonds is 4. The van der Waals surface area contributed by atoms with Gasteiger partial charge in [0.15, 0.2) is 0 Å². The van der Waals surface area contributed by atoms with Crippen LogP contribution in [0.1, 0.15) is 26.2 Å². The van der Waals surface area contributed by atoms with Crippen LogP contribution in [0.5, 0.6) is 0 Å². The molecule has 2 aliphatic heterocycles. The van der Waals surface area contributed by atoms with Crippen molar-refractivity contribution in [2.24, 2.45) is 10.2 Å². The van der Waals surface area contributed by atoms with E-state index in [-0.39, 0.29) is 0 Å². The summed E-state index contributed by atoms with van der Waals surface area (Å²) >= 11 is 0. The lowest BCUT2D eigenvalue weighted by molar-refractivity contribution is 0.201. The molecule has 4 nitrogen and oxygen atoms in total. The Morgan fingerprint density at radius 2 is 2.00 bits per heavy atom. The lowest BCUT2D eigenvalue weighted by atomic mass is 10.2. The summed E-state index contributed by atoms with van der Waals surface area (Å²) in [7, 11) is 0. The zero-order valence-electron chi connectivity index (χ0n) is 8.76. The van der Waals surface area contributed by atoms with Crippen molar-refractivity contribution in [3.8, 4) is 0 Å². The van der Waals surface area contributed by atoms with Crippen molar-refractivity contribution in [2.75, 3.05) is 19.6 Å². The second-order valence-corrected chi connectivity index (χ2v) is 3.93. The molecule has 1 unspecified atom stereocenters. The van der Waals surface area contributed by atoms with Gasteiger partial charge in [-0.2, -0.15) is 10.2 Å². The molecule has 0 bridgehead atoms. The first-order chi connectivity index (χ1) is 6.86. The highest BCUT2D eigenvalue weighted by Crippen LogP contribution is 2.11. The molecule has 14 heavy (non-hydrogen) atoms. The molecule has 1 atom stereocenters. The average Bonchev–Trinajstić information content (AvgIpc) is 2.87. The number of hydrogen-bond acceptors (Lipinski definition) is 4. The molecule has 0 saturated heterocycles. The maximum atomic E-state index is 4.33. The van der Waals surface area contributed by atoms with E-state index in [0.29, 0.717) is 6.04 Å². The molecule has 78 valence electrons. The minimum absolute atomic E-state index is 0.546. The van der Waals surface area contributed by atoms with Crippen LogP contribution in [0.15, 0.2) is 10.2 Å². The highest BCUT2D eigenvalue weighted by atomic mass is 15.5. The average molecular weight is 194 g/mol. The summed E-state index contributed by atoms with van der Waals surface area (Å²) < 4.78 is 0. The highest BCUT2D eigenvalue weighted by molar-refractivity contribution is 5.59. The molecule has 0 aromatic rings. The summed E-state index contributed by atoms with van der Waals surface area (Å²) in [5.74, 6) is 0. The Morgan fingerprint density at radius 3 is 2.64 bits per heavy atom. The Bertz CT molecular complexity index is 236. The normalized spacial score (nSPS) is 22.4. The van der Waals surface area contributed by atoms with Gasteiger partial charge in [-0.25, -0.2) is 0 Å². The van der Waals surface area contributed by atoms with E-state index >= 15 is 0 Å². The van der Waals surface area contributed by atoms with Gasteiger partial charge in [0.25, 0.3) is 0 Å². The summed E-state index contributed by atoms with van der Waals surface area (Å²) in [6.07, 6.45) is 7.36. The van der Waals surface area contributed by atoms with Crippen molar-refractivity contribution < 1.29 is 0 Å². The largest absolute Gasteiger partial charge is 0.297 e. The summed E-state index contributed by atoms with van der Waals surface area (Å²) in [6, 6.07) is 0.546. The van der Waals surface area contributed by atoms with Gasteiger partial charge in [-0.05, 0) is 13.3 Å². The van der Waals surface area contributed by atoms with Crippen molar-refractivity contribution in [2.45, 2.75) is 32.2 Å². The van der Waals surface area contributed by atoms with Gasteiger partial charge < -0.3 is 0 Å². The van der Waals surface area contributed by atoms with Gasteiger partial charge in [0.2, 0.25) is 0 Å². The Hall–Kier alpha value is -1.06. The molecule has 2 heterocycles. The number of nitrogens with zero attached hydrogens (tertiary/aromatic N) is 4. The zero-order valence-corrected chi connectivity index (χ0v) is 8.76. The van der Waals surface area contributed by atoms with Gasteiger partial charge >= 0.3 is 0 Å². The van der Waals surface area contributed by atoms with Gasteiger partial charge in [-0.3, -0.25) is 10.0 Å². The minimum Gasteiger partial charge on any atom is -0.297 e. The molecule has 0 N–H and O–H groups in total. The van der Waals surface area contributed by atoms with Gasteiger partial charge in [-0.1, -0.05) is 0 Å². The van der Waals surface area contributed by atoms with Crippen LogP contribution in [0.2, 0.25) is 0 Å². The summed E-state index contributed by atoms with van der Waals surface area (Å²) in [6.45, 7) is 5.48. The van der Waals surface area contributed by atoms with Crippen molar-refractivity contribution in [3.63, 3.8) is 0 Å². The molecule has 0 spiro atoms. The quantitative estimate of drug-likeness (QED) is 0.672. The Morgan fingerprint density at radius 1 is 1.21 bits per heavy atom. The Labute approximate surface area is 85.3 Å². The monoisotopic (exact) mass is 194 g/mol. The van der Waals surface area contributed by atoms with Crippen molar-refractivity contribution in [1.82, 2.24) is 10.0 Å². The van der Waals surface area contributed by atoms with Crippen LogP contribution in [0, 0.1) is 0 Å². The first-order valence-corrected chi connectivity index (χ1v) is 5.43. The maximum Gasteiger partial charge on any atom is 0.0460 e. The van der Waals surface area contributed by atoms with Crippen molar-refractivity contribution in [3.05, 3.63) is 0 Å². The van der Waals surface area contributed by atoms with E-state index in [1.165, 1.54) is 0 Å². The third-order valence-corrected chi connectivity index (χ3v) is 2.79. The summed E-state index contributed by atoms with van der Waals surface area (Å²) in [4.78, 5) is 0. The maximum absolute atomic E-state index is 4.33. The van der Waals surface area contributed by atoms with E-state index in [1.807, 2.05) is 12.4 Å². The molecule has 0 amide bonds. The van der Waals surface area contributed by atoms with E-state index in [9.17, 15) is 0 Å².